The lowest BCUT2D eigenvalue weighted by atomic mass is 10.2. The van der Waals surface area contributed by atoms with Crippen LogP contribution in [-0.2, 0) is 9.47 Å². The lowest BCUT2D eigenvalue weighted by molar-refractivity contribution is -0.0516. The Kier molecular flexibility index (Phi) is 4.50. The lowest BCUT2D eigenvalue weighted by Gasteiger charge is -2.36. The standard InChI is InChI=1S/C15H21FN2O2/c16-13-3-1-2-4-14(13)18-9-7-17(8-10-18)6-5-15-19-11-12-20-15/h1-4,15H,5-12H2. The van der Waals surface area contributed by atoms with Gasteiger partial charge in [-0.15, -0.1) is 0 Å². The normalized spacial score (nSPS) is 21.6. The molecule has 4 nitrogen and oxygen atoms in total. The van der Waals surface area contributed by atoms with Crippen molar-refractivity contribution in [1.29, 1.82) is 0 Å². The number of ether oxygens (including phenoxy) is 2. The molecule has 1 aromatic rings. The summed E-state index contributed by atoms with van der Waals surface area (Å²) in [4.78, 5) is 4.51. The van der Waals surface area contributed by atoms with Crippen LogP contribution in [-0.4, -0.2) is 57.1 Å². The van der Waals surface area contributed by atoms with Gasteiger partial charge in [-0.2, -0.15) is 0 Å². The minimum absolute atomic E-state index is 0.0282. The van der Waals surface area contributed by atoms with Crippen molar-refractivity contribution in [2.45, 2.75) is 12.7 Å². The van der Waals surface area contributed by atoms with E-state index in [1.54, 1.807) is 6.07 Å². The molecule has 0 atom stereocenters. The number of anilines is 1. The van der Waals surface area contributed by atoms with Gasteiger partial charge >= 0.3 is 0 Å². The molecule has 0 saturated carbocycles. The molecule has 0 unspecified atom stereocenters. The van der Waals surface area contributed by atoms with E-state index in [-0.39, 0.29) is 12.1 Å². The van der Waals surface area contributed by atoms with E-state index in [0.29, 0.717) is 13.2 Å². The SMILES string of the molecule is Fc1ccccc1N1CCN(CCC2OCCO2)CC1. The molecule has 0 bridgehead atoms. The van der Waals surface area contributed by atoms with E-state index in [0.717, 1.165) is 44.8 Å². The zero-order chi connectivity index (χ0) is 13.8. The van der Waals surface area contributed by atoms with Gasteiger partial charge in [0.25, 0.3) is 0 Å². The molecule has 0 aliphatic carbocycles. The number of para-hydroxylation sites is 1. The van der Waals surface area contributed by atoms with Crippen molar-refractivity contribution in [3.8, 4) is 0 Å². The van der Waals surface area contributed by atoms with E-state index in [2.05, 4.69) is 9.80 Å². The van der Waals surface area contributed by atoms with Gasteiger partial charge in [0.05, 0.1) is 18.9 Å². The molecule has 2 fully saturated rings. The molecule has 0 aromatic heterocycles. The maximum absolute atomic E-state index is 13.7. The Morgan fingerprint density at radius 1 is 1.05 bits per heavy atom. The van der Waals surface area contributed by atoms with Crippen molar-refractivity contribution in [3.63, 3.8) is 0 Å². The first-order valence-corrected chi connectivity index (χ1v) is 7.28. The van der Waals surface area contributed by atoms with Crippen molar-refractivity contribution in [3.05, 3.63) is 30.1 Å². The third-order valence-corrected chi connectivity index (χ3v) is 3.94. The second-order valence-corrected chi connectivity index (χ2v) is 5.24. The Morgan fingerprint density at radius 2 is 1.75 bits per heavy atom. The van der Waals surface area contributed by atoms with Crippen molar-refractivity contribution in [1.82, 2.24) is 4.90 Å². The van der Waals surface area contributed by atoms with E-state index >= 15 is 0 Å². The highest BCUT2D eigenvalue weighted by Crippen LogP contribution is 2.20. The average Bonchev–Trinajstić information content (AvgIpc) is 3.00. The number of nitrogens with zero attached hydrogens (tertiary/aromatic N) is 2. The summed E-state index contributed by atoms with van der Waals surface area (Å²) >= 11 is 0. The number of piperazine rings is 1. The number of hydrogen-bond donors (Lipinski definition) is 0. The van der Waals surface area contributed by atoms with Crippen LogP contribution < -0.4 is 4.90 Å². The predicted octanol–water partition coefficient (Wildman–Crippen LogP) is 1.71. The first-order valence-electron chi connectivity index (χ1n) is 7.28. The van der Waals surface area contributed by atoms with Crippen LogP contribution in [0.5, 0.6) is 0 Å². The molecule has 2 aliphatic heterocycles. The molecule has 0 amide bonds. The molecule has 1 aromatic carbocycles. The summed E-state index contributed by atoms with van der Waals surface area (Å²) in [5, 5.41) is 0. The third kappa shape index (κ3) is 3.29. The summed E-state index contributed by atoms with van der Waals surface area (Å²) in [5.41, 5.74) is 0.717. The second-order valence-electron chi connectivity index (χ2n) is 5.24. The van der Waals surface area contributed by atoms with E-state index < -0.39 is 0 Å². The van der Waals surface area contributed by atoms with Crippen LogP contribution in [0.15, 0.2) is 24.3 Å². The van der Waals surface area contributed by atoms with E-state index in [4.69, 9.17) is 9.47 Å². The monoisotopic (exact) mass is 280 g/mol. The van der Waals surface area contributed by atoms with Gasteiger partial charge in [-0.25, -0.2) is 4.39 Å². The van der Waals surface area contributed by atoms with Crippen LogP contribution in [0.4, 0.5) is 10.1 Å². The summed E-state index contributed by atoms with van der Waals surface area (Å²) < 4.78 is 24.6. The predicted molar refractivity (Wildman–Crippen MR) is 75.4 cm³/mol. The zero-order valence-corrected chi connectivity index (χ0v) is 11.6. The molecule has 2 saturated heterocycles. The zero-order valence-electron chi connectivity index (χ0n) is 11.6. The topological polar surface area (TPSA) is 24.9 Å². The number of benzene rings is 1. The van der Waals surface area contributed by atoms with Crippen molar-refractivity contribution >= 4 is 5.69 Å². The summed E-state index contributed by atoms with van der Waals surface area (Å²) in [7, 11) is 0. The fourth-order valence-corrected chi connectivity index (χ4v) is 2.78. The van der Waals surface area contributed by atoms with Crippen LogP contribution in [0.25, 0.3) is 0 Å². The van der Waals surface area contributed by atoms with E-state index in [9.17, 15) is 4.39 Å². The summed E-state index contributed by atoms with van der Waals surface area (Å²) in [5.74, 6) is -0.131. The Labute approximate surface area is 119 Å². The fraction of sp³-hybridized carbons (Fsp3) is 0.600. The molecule has 3 rings (SSSR count). The van der Waals surface area contributed by atoms with E-state index in [1.807, 2.05) is 12.1 Å². The van der Waals surface area contributed by atoms with Gasteiger partial charge in [-0.05, 0) is 12.1 Å². The minimum atomic E-state index is -0.131. The molecule has 0 radical (unpaired) electrons. The highest BCUT2D eigenvalue weighted by molar-refractivity contribution is 5.47. The minimum Gasteiger partial charge on any atom is -0.367 e. The molecule has 2 aliphatic rings. The van der Waals surface area contributed by atoms with Crippen molar-refractivity contribution in [2.75, 3.05) is 50.8 Å². The summed E-state index contributed by atoms with van der Waals surface area (Å²) in [6, 6.07) is 7.00. The second kappa shape index (κ2) is 6.52. The Hall–Kier alpha value is -1.17. The molecule has 110 valence electrons. The van der Waals surface area contributed by atoms with Gasteiger partial charge in [0.2, 0.25) is 0 Å². The molecular weight excluding hydrogens is 259 g/mol. The van der Waals surface area contributed by atoms with Crippen LogP contribution in [0.3, 0.4) is 0 Å². The largest absolute Gasteiger partial charge is 0.367 e. The number of hydrogen-bond acceptors (Lipinski definition) is 4. The Morgan fingerprint density at radius 3 is 2.45 bits per heavy atom. The van der Waals surface area contributed by atoms with Crippen molar-refractivity contribution < 1.29 is 13.9 Å². The molecule has 0 N–H and O–H groups in total. The van der Waals surface area contributed by atoms with Crippen LogP contribution in [0, 0.1) is 5.82 Å². The van der Waals surface area contributed by atoms with Gasteiger partial charge in [0, 0.05) is 39.1 Å². The molecule has 5 heteroatoms. The highest BCUT2D eigenvalue weighted by atomic mass is 19.1. The van der Waals surface area contributed by atoms with E-state index in [1.165, 1.54) is 6.07 Å². The Bertz CT molecular complexity index is 430. The summed E-state index contributed by atoms with van der Waals surface area (Å²) in [6.07, 6.45) is 0.888. The fourth-order valence-electron chi connectivity index (χ4n) is 2.78. The third-order valence-electron chi connectivity index (χ3n) is 3.94. The highest BCUT2D eigenvalue weighted by Gasteiger charge is 2.21. The number of halogens is 1. The molecular formula is C15H21FN2O2. The molecule has 20 heavy (non-hydrogen) atoms. The van der Waals surface area contributed by atoms with Gasteiger partial charge < -0.3 is 14.4 Å². The first-order chi connectivity index (χ1) is 9.83. The number of rotatable bonds is 4. The lowest BCUT2D eigenvalue weighted by Crippen LogP contribution is -2.47. The maximum atomic E-state index is 13.7. The smallest absolute Gasteiger partial charge is 0.159 e. The average molecular weight is 280 g/mol. The quantitative estimate of drug-likeness (QED) is 0.838. The van der Waals surface area contributed by atoms with Gasteiger partial charge in [0.1, 0.15) is 5.82 Å². The van der Waals surface area contributed by atoms with Crippen LogP contribution in [0.2, 0.25) is 0 Å². The van der Waals surface area contributed by atoms with Crippen LogP contribution in [0.1, 0.15) is 6.42 Å². The maximum Gasteiger partial charge on any atom is 0.159 e. The first kappa shape index (κ1) is 13.8. The van der Waals surface area contributed by atoms with Crippen molar-refractivity contribution in [2.24, 2.45) is 0 Å². The molecule has 0 spiro atoms. The Balaban J connectivity index is 1.46. The van der Waals surface area contributed by atoms with Gasteiger partial charge in [-0.3, -0.25) is 4.90 Å². The van der Waals surface area contributed by atoms with Gasteiger partial charge in [-0.1, -0.05) is 12.1 Å². The summed E-state index contributed by atoms with van der Waals surface area (Å²) in [6.45, 7) is 6.07. The van der Waals surface area contributed by atoms with Gasteiger partial charge in [0.15, 0.2) is 6.29 Å². The van der Waals surface area contributed by atoms with Crippen LogP contribution >= 0.6 is 0 Å². The molecule has 2 heterocycles.